The minimum absolute atomic E-state index is 0. The quantitative estimate of drug-likeness (QED) is 0.844. The predicted molar refractivity (Wildman–Crippen MR) is 86.4 cm³/mol. The van der Waals surface area contributed by atoms with Crippen molar-refractivity contribution in [3.63, 3.8) is 0 Å². The second-order valence-electron chi connectivity index (χ2n) is 5.81. The van der Waals surface area contributed by atoms with Crippen LogP contribution in [-0.4, -0.2) is 28.0 Å². The van der Waals surface area contributed by atoms with E-state index in [4.69, 9.17) is 5.73 Å². The van der Waals surface area contributed by atoms with Crippen LogP contribution in [0.5, 0.6) is 0 Å². The zero-order valence-electron chi connectivity index (χ0n) is 12.8. The number of nitrogens with zero attached hydrogens (tertiary/aromatic N) is 2. The summed E-state index contributed by atoms with van der Waals surface area (Å²) in [5.74, 6) is 1.58. The molecule has 1 aromatic rings. The summed E-state index contributed by atoms with van der Waals surface area (Å²) in [4.78, 5) is 16.1. The number of hydrogen-bond acceptors (Lipinski definition) is 3. The zero-order valence-corrected chi connectivity index (χ0v) is 13.6. The van der Waals surface area contributed by atoms with Gasteiger partial charge in [0.1, 0.15) is 5.82 Å². The number of aryl methyl sites for hydroxylation is 1. The van der Waals surface area contributed by atoms with Crippen LogP contribution in [0.15, 0.2) is 12.4 Å². The lowest BCUT2D eigenvalue weighted by Crippen LogP contribution is -2.43. The second-order valence-corrected chi connectivity index (χ2v) is 5.81. The Morgan fingerprint density at radius 1 is 1.48 bits per heavy atom. The molecule has 1 atom stereocenters. The smallest absolute Gasteiger partial charge is 0.236 e. The lowest BCUT2D eigenvalue weighted by atomic mass is 9.85. The summed E-state index contributed by atoms with van der Waals surface area (Å²) in [6, 6.07) is -0.359. The Balaban J connectivity index is 0.00000220. The van der Waals surface area contributed by atoms with Crippen molar-refractivity contribution >= 4 is 18.3 Å². The molecule has 0 bridgehead atoms. The van der Waals surface area contributed by atoms with E-state index in [2.05, 4.69) is 10.3 Å². The molecule has 0 saturated heterocycles. The molecule has 6 heteroatoms. The van der Waals surface area contributed by atoms with Gasteiger partial charge in [0.2, 0.25) is 5.91 Å². The lowest BCUT2D eigenvalue weighted by molar-refractivity contribution is -0.122. The molecule has 1 amide bonds. The van der Waals surface area contributed by atoms with Crippen LogP contribution in [0, 0.1) is 12.8 Å². The molecular weight excluding hydrogens is 288 g/mol. The summed E-state index contributed by atoms with van der Waals surface area (Å²) < 4.78 is 2.02. The Kier molecular flexibility index (Phi) is 7.75. The molecule has 1 heterocycles. The van der Waals surface area contributed by atoms with Crippen LogP contribution in [0.3, 0.4) is 0 Å². The van der Waals surface area contributed by atoms with E-state index in [-0.39, 0.29) is 24.4 Å². The Morgan fingerprint density at radius 3 is 2.81 bits per heavy atom. The van der Waals surface area contributed by atoms with Gasteiger partial charge in [-0.2, -0.15) is 0 Å². The third kappa shape index (κ3) is 5.67. The van der Waals surface area contributed by atoms with Crippen molar-refractivity contribution in [3.05, 3.63) is 18.2 Å². The van der Waals surface area contributed by atoms with Gasteiger partial charge in [0, 0.05) is 25.5 Å². The van der Waals surface area contributed by atoms with Gasteiger partial charge >= 0.3 is 0 Å². The molecule has 5 nitrogen and oxygen atoms in total. The molecule has 0 spiro atoms. The van der Waals surface area contributed by atoms with Crippen LogP contribution in [0.25, 0.3) is 0 Å². The van der Waals surface area contributed by atoms with E-state index in [0.717, 1.165) is 18.8 Å². The number of nitrogens with one attached hydrogen (secondary N) is 1. The van der Waals surface area contributed by atoms with E-state index < -0.39 is 0 Å². The van der Waals surface area contributed by atoms with Gasteiger partial charge in [-0.05, 0) is 19.3 Å². The fraction of sp³-hybridized carbons (Fsp3) is 0.733. The van der Waals surface area contributed by atoms with E-state index in [9.17, 15) is 4.79 Å². The number of carbonyl (C=O) groups is 1. The first-order valence-corrected chi connectivity index (χ1v) is 7.68. The molecule has 1 aliphatic carbocycles. The number of rotatable bonds is 6. The molecule has 3 N–H and O–H groups in total. The van der Waals surface area contributed by atoms with E-state index >= 15 is 0 Å². The number of aromatic nitrogens is 2. The normalized spacial score (nSPS) is 17.0. The van der Waals surface area contributed by atoms with Crippen molar-refractivity contribution < 1.29 is 4.79 Å². The molecule has 1 fully saturated rings. The summed E-state index contributed by atoms with van der Waals surface area (Å²) in [7, 11) is 0. The van der Waals surface area contributed by atoms with E-state index in [1.807, 2.05) is 17.7 Å². The highest BCUT2D eigenvalue weighted by molar-refractivity contribution is 5.85. The van der Waals surface area contributed by atoms with E-state index in [1.54, 1.807) is 6.20 Å². The van der Waals surface area contributed by atoms with Crippen molar-refractivity contribution in [1.82, 2.24) is 14.9 Å². The average molecular weight is 315 g/mol. The van der Waals surface area contributed by atoms with Gasteiger partial charge in [0.25, 0.3) is 0 Å². The van der Waals surface area contributed by atoms with Crippen molar-refractivity contribution in [2.75, 3.05) is 6.54 Å². The monoisotopic (exact) mass is 314 g/mol. The van der Waals surface area contributed by atoms with Crippen LogP contribution in [0.1, 0.15) is 44.3 Å². The SMILES string of the molecule is Cc1nccn1CCNC(=O)C(N)CC1CCCCC1.Cl. The van der Waals surface area contributed by atoms with Gasteiger partial charge in [-0.3, -0.25) is 4.79 Å². The molecule has 0 radical (unpaired) electrons. The van der Waals surface area contributed by atoms with E-state index in [0.29, 0.717) is 12.5 Å². The number of carbonyl (C=O) groups excluding carboxylic acids is 1. The molecule has 21 heavy (non-hydrogen) atoms. The maximum Gasteiger partial charge on any atom is 0.236 e. The summed E-state index contributed by atoms with van der Waals surface area (Å²) in [5.41, 5.74) is 6.01. The predicted octanol–water partition coefficient (Wildman–Crippen LogP) is 2.03. The molecule has 120 valence electrons. The summed E-state index contributed by atoms with van der Waals surface area (Å²) in [6.07, 6.45) is 10.9. The van der Waals surface area contributed by atoms with Crippen molar-refractivity contribution in [1.29, 1.82) is 0 Å². The number of amides is 1. The van der Waals surface area contributed by atoms with Crippen molar-refractivity contribution in [2.45, 2.75) is 58.0 Å². The standard InChI is InChI=1S/C15H26N4O.ClH/c1-12-17-7-9-19(12)10-8-18-15(20)14(16)11-13-5-3-2-4-6-13;/h7,9,13-14H,2-6,8,10-11,16H2,1H3,(H,18,20);1H. The van der Waals surface area contributed by atoms with E-state index in [1.165, 1.54) is 32.1 Å². The van der Waals surface area contributed by atoms with Gasteiger partial charge in [0.05, 0.1) is 6.04 Å². The second kappa shape index (κ2) is 9.05. The summed E-state index contributed by atoms with van der Waals surface area (Å²) in [6.45, 7) is 3.30. The third-order valence-corrected chi connectivity index (χ3v) is 4.22. The first kappa shape index (κ1) is 18.0. The Morgan fingerprint density at radius 2 is 2.19 bits per heavy atom. The van der Waals surface area contributed by atoms with Crippen molar-refractivity contribution in [3.8, 4) is 0 Å². The van der Waals surface area contributed by atoms with Gasteiger partial charge in [-0.15, -0.1) is 12.4 Å². The molecule has 2 rings (SSSR count). The van der Waals surface area contributed by atoms with Crippen LogP contribution in [-0.2, 0) is 11.3 Å². The molecular formula is C15H27ClN4O. The Labute approximate surface area is 133 Å². The average Bonchev–Trinajstić information content (AvgIpc) is 2.85. The Bertz CT molecular complexity index is 429. The highest BCUT2D eigenvalue weighted by Gasteiger charge is 2.20. The summed E-state index contributed by atoms with van der Waals surface area (Å²) >= 11 is 0. The van der Waals surface area contributed by atoms with Crippen LogP contribution < -0.4 is 11.1 Å². The first-order chi connectivity index (χ1) is 9.66. The fourth-order valence-corrected chi connectivity index (χ4v) is 2.96. The topological polar surface area (TPSA) is 72.9 Å². The van der Waals surface area contributed by atoms with Crippen LogP contribution >= 0.6 is 12.4 Å². The summed E-state index contributed by atoms with van der Waals surface area (Å²) in [5, 5.41) is 2.92. The highest BCUT2D eigenvalue weighted by Crippen LogP contribution is 2.26. The highest BCUT2D eigenvalue weighted by atomic mass is 35.5. The zero-order chi connectivity index (χ0) is 14.4. The largest absolute Gasteiger partial charge is 0.353 e. The number of imidazole rings is 1. The molecule has 1 unspecified atom stereocenters. The molecule has 1 saturated carbocycles. The Hall–Kier alpha value is -1.07. The van der Waals surface area contributed by atoms with Gasteiger partial charge < -0.3 is 15.6 Å². The maximum absolute atomic E-state index is 12.0. The van der Waals surface area contributed by atoms with Crippen LogP contribution in [0.2, 0.25) is 0 Å². The fourth-order valence-electron chi connectivity index (χ4n) is 2.96. The first-order valence-electron chi connectivity index (χ1n) is 7.68. The molecule has 1 aliphatic rings. The van der Waals surface area contributed by atoms with Gasteiger partial charge in [-0.1, -0.05) is 32.1 Å². The molecule has 0 aromatic carbocycles. The maximum atomic E-state index is 12.0. The van der Waals surface area contributed by atoms with Gasteiger partial charge in [-0.25, -0.2) is 4.98 Å². The number of halogens is 1. The molecule has 1 aromatic heterocycles. The number of hydrogen-bond donors (Lipinski definition) is 2. The van der Waals surface area contributed by atoms with Gasteiger partial charge in [0.15, 0.2) is 0 Å². The lowest BCUT2D eigenvalue weighted by Gasteiger charge is -2.24. The minimum atomic E-state index is -0.359. The minimum Gasteiger partial charge on any atom is -0.353 e. The van der Waals surface area contributed by atoms with Crippen molar-refractivity contribution in [2.24, 2.45) is 11.7 Å². The third-order valence-electron chi connectivity index (χ3n) is 4.22. The number of nitrogens with two attached hydrogens (primary N) is 1. The van der Waals surface area contributed by atoms with Crippen LogP contribution in [0.4, 0.5) is 0 Å². The molecule has 0 aliphatic heterocycles.